The number of rotatable bonds is 7. The second-order valence-electron chi connectivity index (χ2n) is 4.25. The highest BCUT2D eigenvalue weighted by molar-refractivity contribution is 5.04. The summed E-state index contributed by atoms with van der Waals surface area (Å²) in [6.07, 6.45) is 8.18. The van der Waals surface area contributed by atoms with E-state index in [1.54, 1.807) is 12.3 Å². The molecule has 1 rings (SSSR count). The zero-order chi connectivity index (χ0) is 11.8. The monoisotopic (exact) mass is 222 g/mol. The standard InChI is InChI=1S/C13H22N2O/c1-3-4-5-6-7-8-13(16)12-9-10-14-11(2)15-12/h9-10,13,16H,3-8H2,1-2H3. The molecule has 1 unspecified atom stereocenters. The molecule has 0 radical (unpaired) electrons. The minimum absolute atomic E-state index is 0.427. The van der Waals surface area contributed by atoms with Crippen molar-refractivity contribution in [2.45, 2.75) is 58.5 Å². The number of aliphatic hydroxyl groups excluding tert-OH is 1. The van der Waals surface area contributed by atoms with Crippen molar-refractivity contribution in [3.8, 4) is 0 Å². The molecular weight excluding hydrogens is 200 g/mol. The van der Waals surface area contributed by atoms with E-state index in [2.05, 4.69) is 16.9 Å². The van der Waals surface area contributed by atoms with Gasteiger partial charge in [-0.1, -0.05) is 39.0 Å². The number of unbranched alkanes of at least 4 members (excludes halogenated alkanes) is 4. The van der Waals surface area contributed by atoms with Gasteiger partial charge < -0.3 is 5.11 Å². The molecule has 1 aromatic heterocycles. The van der Waals surface area contributed by atoms with Crippen molar-refractivity contribution in [3.05, 3.63) is 23.8 Å². The van der Waals surface area contributed by atoms with Crippen LogP contribution >= 0.6 is 0 Å². The summed E-state index contributed by atoms with van der Waals surface area (Å²) in [4.78, 5) is 8.25. The molecule has 1 N–H and O–H groups in total. The normalized spacial score (nSPS) is 12.7. The van der Waals surface area contributed by atoms with Crippen molar-refractivity contribution in [2.75, 3.05) is 0 Å². The summed E-state index contributed by atoms with van der Waals surface area (Å²) >= 11 is 0. The number of nitrogens with zero attached hydrogens (tertiary/aromatic N) is 2. The van der Waals surface area contributed by atoms with Crippen LogP contribution in [-0.4, -0.2) is 15.1 Å². The van der Waals surface area contributed by atoms with Crippen molar-refractivity contribution < 1.29 is 5.11 Å². The van der Waals surface area contributed by atoms with E-state index in [4.69, 9.17) is 0 Å². The van der Waals surface area contributed by atoms with Crippen LogP contribution in [0.25, 0.3) is 0 Å². The van der Waals surface area contributed by atoms with Crippen molar-refractivity contribution in [1.29, 1.82) is 0 Å². The summed E-state index contributed by atoms with van der Waals surface area (Å²) < 4.78 is 0. The fraction of sp³-hybridized carbons (Fsp3) is 0.692. The van der Waals surface area contributed by atoms with E-state index in [0.29, 0.717) is 0 Å². The Balaban J connectivity index is 2.27. The molecule has 0 fully saturated rings. The average molecular weight is 222 g/mol. The Morgan fingerprint density at radius 2 is 2.00 bits per heavy atom. The zero-order valence-corrected chi connectivity index (χ0v) is 10.3. The van der Waals surface area contributed by atoms with Gasteiger partial charge in [-0.15, -0.1) is 0 Å². The molecule has 3 nitrogen and oxygen atoms in total. The van der Waals surface area contributed by atoms with E-state index in [-0.39, 0.29) is 0 Å². The first-order valence-corrected chi connectivity index (χ1v) is 6.21. The SMILES string of the molecule is CCCCCCCC(O)c1ccnc(C)n1. The van der Waals surface area contributed by atoms with Gasteiger partial charge in [-0.2, -0.15) is 0 Å². The van der Waals surface area contributed by atoms with E-state index in [1.807, 2.05) is 6.92 Å². The van der Waals surface area contributed by atoms with Crippen LogP contribution in [0, 0.1) is 6.92 Å². The Morgan fingerprint density at radius 1 is 1.25 bits per heavy atom. The van der Waals surface area contributed by atoms with Crippen LogP contribution in [0.4, 0.5) is 0 Å². The van der Waals surface area contributed by atoms with Crippen LogP contribution in [0.3, 0.4) is 0 Å². The minimum atomic E-state index is -0.427. The largest absolute Gasteiger partial charge is 0.387 e. The molecule has 1 aromatic rings. The topological polar surface area (TPSA) is 46.0 Å². The van der Waals surface area contributed by atoms with Gasteiger partial charge in [0.2, 0.25) is 0 Å². The third-order valence-corrected chi connectivity index (χ3v) is 2.72. The summed E-state index contributed by atoms with van der Waals surface area (Å²) in [5, 5.41) is 9.91. The fourth-order valence-electron chi connectivity index (χ4n) is 1.75. The zero-order valence-electron chi connectivity index (χ0n) is 10.3. The number of aliphatic hydroxyl groups is 1. The fourth-order valence-corrected chi connectivity index (χ4v) is 1.75. The first kappa shape index (κ1) is 13.1. The Morgan fingerprint density at radius 3 is 2.69 bits per heavy atom. The van der Waals surface area contributed by atoms with E-state index < -0.39 is 6.10 Å². The lowest BCUT2D eigenvalue weighted by Crippen LogP contribution is -2.02. The predicted octanol–water partition coefficient (Wildman–Crippen LogP) is 3.18. The Bertz CT molecular complexity index is 302. The molecule has 0 spiro atoms. The highest BCUT2D eigenvalue weighted by atomic mass is 16.3. The van der Waals surface area contributed by atoms with Gasteiger partial charge in [-0.05, 0) is 19.4 Å². The summed E-state index contributed by atoms with van der Waals surface area (Å²) in [6.45, 7) is 4.05. The lowest BCUT2D eigenvalue weighted by molar-refractivity contribution is 0.158. The molecule has 3 heteroatoms. The predicted molar refractivity (Wildman–Crippen MR) is 65.1 cm³/mol. The third kappa shape index (κ3) is 4.71. The van der Waals surface area contributed by atoms with Gasteiger partial charge in [-0.3, -0.25) is 0 Å². The van der Waals surface area contributed by atoms with Gasteiger partial charge in [0, 0.05) is 6.20 Å². The van der Waals surface area contributed by atoms with Crippen LogP contribution in [0.5, 0.6) is 0 Å². The maximum absolute atomic E-state index is 9.91. The number of aryl methyl sites for hydroxylation is 1. The Labute approximate surface area is 97.9 Å². The number of aromatic nitrogens is 2. The van der Waals surface area contributed by atoms with Crippen molar-refractivity contribution in [2.24, 2.45) is 0 Å². The highest BCUT2D eigenvalue weighted by Gasteiger charge is 2.08. The second-order valence-corrected chi connectivity index (χ2v) is 4.25. The molecule has 90 valence electrons. The first-order valence-electron chi connectivity index (χ1n) is 6.21. The summed E-state index contributed by atoms with van der Waals surface area (Å²) in [7, 11) is 0. The van der Waals surface area contributed by atoms with Gasteiger partial charge >= 0.3 is 0 Å². The second kappa shape index (κ2) is 7.34. The van der Waals surface area contributed by atoms with Crippen LogP contribution < -0.4 is 0 Å². The molecule has 0 aliphatic carbocycles. The van der Waals surface area contributed by atoms with E-state index >= 15 is 0 Å². The molecular formula is C13H22N2O. The average Bonchev–Trinajstić information content (AvgIpc) is 2.28. The first-order chi connectivity index (χ1) is 7.74. The molecule has 0 aromatic carbocycles. The third-order valence-electron chi connectivity index (χ3n) is 2.72. The maximum atomic E-state index is 9.91. The van der Waals surface area contributed by atoms with Gasteiger partial charge in [0.05, 0.1) is 11.8 Å². The Hall–Kier alpha value is -0.960. The van der Waals surface area contributed by atoms with E-state index in [9.17, 15) is 5.11 Å². The number of hydrogen-bond donors (Lipinski definition) is 1. The van der Waals surface area contributed by atoms with Gasteiger partial charge in [0.1, 0.15) is 5.82 Å². The van der Waals surface area contributed by atoms with Crippen molar-refractivity contribution in [3.63, 3.8) is 0 Å². The molecule has 0 bridgehead atoms. The van der Waals surface area contributed by atoms with Gasteiger partial charge in [-0.25, -0.2) is 9.97 Å². The van der Waals surface area contributed by atoms with Crippen LogP contribution in [0.1, 0.15) is 63.1 Å². The van der Waals surface area contributed by atoms with E-state index in [0.717, 1.165) is 24.4 Å². The molecule has 16 heavy (non-hydrogen) atoms. The molecule has 0 aliphatic rings. The molecule has 0 saturated carbocycles. The van der Waals surface area contributed by atoms with Crippen molar-refractivity contribution in [1.82, 2.24) is 9.97 Å². The van der Waals surface area contributed by atoms with Gasteiger partial charge in [0.25, 0.3) is 0 Å². The molecule has 0 saturated heterocycles. The summed E-state index contributed by atoms with van der Waals surface area (Å²) in [5.74, 6) is 0.725. The molecule has 0 aliphatic heterocycles. The van der Waals surface area contributed by atoms with Crippen LogP contribution in [0.15, 0.2) is 12.3 Å². The van der Waals surface area contributed by atoms with Crippen LogP contribution in [-0.2, 0) is 0 Å². The van der Waals surface area contributed by atoms with E-state index in [1.165, 1.54) is 25.7 Å². The lowest BCUT2D eigenvalue weighted by atomic mass is 10.1. The molecule has 1 atom stereocenters. The van der Waals surface area contributed by atoms with Crippen molar-refractivity contribution >= 4 is 0 Å². The highest BCUT2D eigenvalue weighted by Crippen LogP contribution is 2.17. The smallest absolute Gasteiger partial charge is 0.125 e. The Kier molecular flexibility index (Phi) is 6.01. The number of hydrogen-bond acceptors (Lipinski definition) is 3. The maximum Gasteiger partial charge on any atom is 0.125 e. The minimum Gasteiger partial charge on any atom is -0.387 e. The molecule has 1 heterocycles. The van der Waals surface area contributed by atoms with Crippen LogP contribution in [0.2, 0.25) is 0 Å². The quantitative estimate of drug-likeness (QED) is 0.721. The molecule has 0 amide bonds. The van der Waals surface area contributed by atoms with Gasteiger partial charge in [0.15, 0.2) is 0 Å². The summed E-state index contributed by atoms with van der Waals surface area (Å²) in [5.41, 5.74) is 0.753. The lowest BCUT2D eigenvalue weighted by Gasteiger charge is -2.09. The summed E-state index contributed by atoms with van der Waals surface area (Å²) in [6, 6.07) is 1.80.